The normalized spacial score (nSPS) is 31.7. The lowest BCUT2D eigenvalue weighted by Crippen LogP contribution is -2.58. The summed E-state index contributed by atoms with van der Waals surface area (Å²) in [6.07, 6.45) is -6.66. The van der Waals surface area contributed by atoms with Crippen LogP contribution in [0.2, 0.25) is 0 Å². The highest BCUT2D eigenvalue weighted by Crippen LogP contribution is 2.42. The van der Waals surface area contributed by atoms with E-state index in [1.807, 2.05) is 30.3 Å². The number of carbonyl (C=O) groups is 1. The van der Waals surface area contributed by atoms with Gasteiger partial charge < -0.3 is 34.6 Å². The zero-order valence-electron chi connectivity index (χ0n) is 15.6. The van der Waals surface area contributed by atoms with Crippen molar-refractivity contribution < 1.29 is 39.4 Å². The average Bonchev–Trinajstić information content (AvgIpc) is 2.70. The number of ether oxygens (including phenoxy) is 3. The van der Waals surface area contributed by atoms with Crippen molar-refractivity contribution in [1.82, 2.24) is 0 Å². The Labute approximate surface area is 166 Å². The zero-order chi connectivity index (χ0) is 20.7. The van der Waals surface area contributed by atoms with Gasteiger partial charge in [-0.3, -0.25) is 4.79 Å². The minimum atomic E-state index is -1.50. The lowest BCUT2D eigenvalue weighted by Gasteiger charge is -2.39. The SMILES string of the molecule is CC1OC(Oc2cc(O)c3c(c2)OC(c2ccccc2)CC3=O)C(O)C(O)C1O. The summed E-state index contributed by atoms with van der Waals surface area (Å²) in [5.41, 5.74) is 0.896. The van der Waals surface area contributed by atoms with Gasteiger partial charge in [0.2, 0.25) is 6.29 Å². The Morgan fingerprint density at radius 1 is 1.03 bits per heavy atom. The molecule has 2 heterocycles. The molecule has 2 aliphatic heterocycles. The fourth-order valence-corrected chi connectivity index (χ4v) is 3.58. The number of ketones is 1. The molecular formula is C21H22O8. The Morgan fingerprint density at radius 2 is 1.76 bits per heavy atom. The fourth-order valence-electron chi connectivity index (χ4n) is 3.58. The van der Waals surface area contributed by atoms with Crippen LogP contribution >= 0.6 is 0 Å². The number of phenols is 1. The van der Waals surface area contributed by atoms with Crippen LogP contribution in [0, 0.1) is 0 Å². The molecule has 29 heavy (non-hydrogen) atoms. The van der Waals surface area contributed by atoms with Crippen LogP contribution in [0.15, 0.2) is 42.5 Å². The first-order valence-corrected chi connectivity index (χ1v) is 9.33. The highest BCUT2D eigenvalue weighted by Gasteiger charge is 2.43. The Morgan fingerprint density at radius 3 is 2.48 bits per heavy atom. The van der Waals surface area contributed by atoms with Gasteiger partial charge >= 0.3 is 0 Å². The van der Waals surface area contributed by atoms with Crippen molar-refractivity contribution in [3.05, 3.63) is 53.6 Å². The minimum Gasteiger partial charge on any atom is -0.507 e. The van der Waals surface area contributed by atoms with E-state index in [9.17, 15) is 25.2 Å². The van der Waals surface area contributed by atoms with Crippen LogP contribution < -0.4 is 9.47 Å². The van der Waals surface area contributed by atoms with Crippen molar-refractivity contribution in [2.45, 2.75) is 50.2 Å². The van der Waals surface area contributed by atoms with E-state index in [1.165, 1.54) is 19.1 Å². The smallest absolute Gasteiger partial charge is 0.229 e. The Hall–Kier alpha value is -2.65. The van der Waals surface area contributed by atoms with Gasteiger partial charge in [0.05, 0.1) is 12.5 Å². The molecule has 2 aromatic carbocycles. The third kappa shape index (κ3) is 3.67. The van der Waals surface area contributed by atoms with E-state index in [0.717, 1.165) is 5.56 Å². The van der Waals surface area contributed by atoms with Gasteiger partial charge in [0.1, 0.15) is 47.2 Å². The van der Waals surface area contributed by atoms with Crippen molar-refractivity contribution >= 4 is 5.78 Å². The van der Waals surface area contributed by atoms with Crippen LogP contribution in [0.25, 0.3) is 0 Å². The molecule has 2 aromatic rings. The summed E-state index contributed by atoms with van der Waals surface area (Å²) < 4.78 is 16.9. The largest absolute Gasteiger partial charge is 0.507 e. The van der Waals surface area contributed by atoms with Crippen molar-refractivity contribution in [3.8, 4) is 17.2 Å². The van der Waals surface area contributed by atoms with Crippen molar-refractivity contribution in [2.24, 2.45) is 0 Å². The molecule has 1 saturated heterocycles. The molecule has 0 aromatic heterocycles. The molecule has 0 bridgehead atoms. The van der Waals surface area contributed by atoms with Gasteiger partial charge in [-0.15, -0.1) is 0 Å². The summed E-state index contributed by atoms with van der Waals surface area (Å²) in [4.78, 5) is 12.6. The first kappa shape index (κ1) is 19.7. The van der Waals surface area contributed by atoms with E-state index in [0.29, 0.717) is 0 Å². The lowest BCUT2D eigenvalue weighted by atomic mass is 9.95. The molecule has 4 N–H and O–H groups in total. The highest BCUT2D eigenvalue weighted by molar-refractivity contribution is 6.02. The number of aliphatic hydroxyl groups is 3. The monoisotopic (exact) mass is 402 g/mol. The van der Waals surface area contributed by atoms with Crippen LogP contribution in [0.5, 0.6) is 17.2 Å². The fraction of sp³-hybridized carbons (Fsp3) is 0.381. The summed E-state index contributed by atoms with van der Waals surface area (Å²) in [6.45, 7) is 1.53. The number of carbonyl (C=O) groups excluding carboxylic acids is 1. The van der Waals surface area contributed by atoms with E-state index >= 15 is 0 Å². The van der Waals surface area contributed by atoms with Gasteiger partial charge in [0.15, 0.2) is 5.78 Å². The molecule has 1 fully saturated rings. The van der Waals surface area contributed by atoms with Crippen molar-refractivity contribution in [1.29, 1.82) is 0 Å². The molecule has 0 radical (unpaired) electrons. The van der Waals surface area contributed by atoms with Gasteiger partial charge in [-0.25, -0.2) is 0 Å². The summed E-state index contributed by atoms with van der Waals surface area (Å²) in [6, 6.07) is 11.9. The number of fused-ring (bicyclic) bond motifs is 1. The van der Waals surface area contributed by atoms with Crippen LogP contribution in [-0.2, 0) is 4.74 Å². The molecule has 0 saturated carbocycles. The maximum Gasteiger partial charge on any atom is 0.229 e. The predicted octanol–water partition coefficient (Wildman–Crippen LogP) is 1.30. The second kappa shape index (κ2) is 7.64. The standard InChI is InChI=1S/C21H22O8/c1-10-18(24)19(25)20(26)21(27-10)28-12-7-13(22)17-14(23)9-15(29-16(17)8-12)11-5-3-2-4-6-11/h2-8,10,15,18-22,24-26H,9H2,1H3. The maximum atomic E-state index is 12.6. The number of benzene rings is 2. The van der Waals surface area contributed by atoms with Crippen LogP contribution in [-0.4, -0.2) is 56.9 Å². The number of aromatic hydroxyl groups is 1. The van der Waals surface area contributed by atoms with E-state index in [-0.39, 0.29) is 35.0 Å². The van der Waals surface area contributed by atoms with Gasteiger partial charge in [-0.2, -0.15) is 0 Å². The molecule has 2 aliphatic rings. The number of aliphatic hydroxyl groups excluding tert-OH is 3. The number of Topliss-reactive ketones (excluding diaryl/α,β-unsaturated/α-hetero) is 1. The molecule has 0 aliphatic carbocycles. The number of hydrogen-bond acceptors (Lipinski definition) is 8. The maximum absolute atomic E-state index is 12.6. The zero-order valence-corrected chi connectivity index (χ0v) is 15.6. The van der Waals surface area contributed by atoms with Crippen LogP contribution in [0.4, 0.5) is 0 Å². The minimum absolute atomic E-state index is 0.0680. The molecule has 6 atom stereocenters. The van der Waals surface area contributed by atoms with Crippen molar-refractivity contribution in [2.75, 3.05) is 0 Å². The molecule has 0 spiro atoms. The van der Waals surface area contributed by atoms with E-state index < -0.39 is 36.8 Å². The summed E-state index contributed by atoms with van der Waals surface area (Å²) in [5, 5.41) is 40.2. The van der Waals surface area contributed by atoms with Gasteiger partial charge in [-0.1, -0.05) is 30.3 Å². The second-order valence-corrected chi connectivity index (χ2v) is 7.26. The van der Waals surface area contributed by atoms with Gasteiger partial charge in [0, 0.05) is 12.1 Å². The first-order chi connectivity index (χ1) is 13.8. The average molecular weight is 402 g/mol. The predicted molar refractivity (Wildman–Crippen MR) is 99.8 cm³/mol. The van der Waals surface area contributed by atoms with Crippen LogP contribution in [0.1, 0.15) is 35.4 Å². The topological polar surface area (TPSA) is 126 Å². The number of rotatable bonds is 3. The van der Waals surface area contributed by atoms with Crippen LogP contribution in [0.3, 0.4) is 0 Å². The summed E-state index contributed by atoms with van der Waals surface area (Å²) in [5.74, 6) is -0.329. The molecule has 0 amide bonds. The molecule has 8 nitrogen and oxygen atoms in total. The van der Waals surface area contributed by atoms with E-state index in [2.05, 4.69) is 0 Å². The summed E-state index contributed by atoms with van der Waals surface area (Å²) >= 11 is 0. The quantitative estimate of drug-likeness (QED) is 0.605. The lowest BCUT2D eigenvalue weighted by molar-refractivity contribution is -0.268. The van der Waals surface area contributed by atoms with Gasteiger partial charge in [-0.05, 0) is 12.5 Å². The molecule has 154 valence electrons. The number of phenolic OH excluding ortho intramolecular Hbond substituents is 1. The third-order valence-corrected chi connectivity index (χ3v) is 5.21. The third-order valence-electron chi connectivity index (χ3n) is 5.21. The van der Waals surface area contributed by atoms with Gasteiger partial charge in [0.25, 0.3) is 0 Å². The summed E-state index contributed by atoms with van der Waals surface area (Å²) in [7, 11) is 0. The first-order valence-electron chi connectivity index (χ1n) is 9.33. The molecule has 6 unspecified atom stereocenters. The van der Waals surface area contributed by atoms with Crippen molar-refractivity contribution in [3.63, 3.8) is 0 Å². The molecular weight excluding hydrogens is 380 g/mol. The molecule has 8 heteroatoms. The van der Waals surface area contributed by atoms with E-state index in [4.69, 9.17) is 14.2 Å². The Bertz CT molecular complexity index is 899. The Balaban J connectivity index is 1.60. The second-order valence-electron chi connectivity index (χ2n) is 7.26. The Kier molecular flexibility index (Phi) is 5.18. The molecule has 4 rings (SSSR count). The highest BCUT2D eigenvalue weighted by atomic mass is 16.7. The number of hydrogen-bond donors (Lipinski definition) is 4. The van der Waals surface area contributed by atoms with E-state index in [1.54, 1.807) is 0 Å².